The second-order valence-corrected chi connectivity index (χ2v) is 29.4. The molecule has 0 aromatic heterocycles. The van der Waals surface area contributed by atoms with Gasteiger partial charge in [0.25, 0.3) is 0 Å². The van der Waals surface area contributed by atoms with Gasteiger partial charge in [0.05, 0.1) is 0 Å². The van der Waals surface area contributed by atoms with Crippen molar-refractivity contribution in [2.75, 3.05) is 0 Å². The minimum absolute atomic E-state index is 0. The molecule has 0 heterocycles. The molecule has 0 amide bonds. The van der Waals surface area contributed by atoms with Crippen LogP contribution in [0, 0.1) is 122 Å². The molecular weight excluding hydrogens is 845 g/mol. The van der Waals surface area contributed by atoms with E-state index in [1.807, 2.05) is 27.7 Å². The molecule has 0 aromatic rings. The van der Waals surface area contributed by atoms with Crippen LogP contribution in [0.4, 0.5) is 0 Å². The van der Waals surface area contributed by atoms with Crippen LogP contribution in [0.2, 0.25) is 0 Å². The third-order valence-corrected chi connectivity index (χ3v) is 15.2. The molecule has 1 nitrogen and oxygen atoms in total. The summed E-state index contributed by atoms with van der Waals surface area (Å²) in [6.07, 6.45) is 10.5. The van der Waals surface area contributed by atoms with E-state index >= 15 is 0 Å². The predicted molar refractivity (Wildman–Crippen MR) is 337 cm³/mol. The molecule has 4 rings (SSSR count). The maximum absolute atomic E-state index is 10.8. The van der Waals surface area contributed by atoms with Gasteiger partial charge in [-0.2, -0.15) is 0 Å². The summed E-state index contributed by atoms with van der Waals surface area (Å²) in [4.78, 5) is 10.8. The Bertz CT molecular complexity index is 940. The predicted octanol–water partition coefficient (Wildman–Crippen LogP) is 25.3. The number of rotatable bonds is 12. The third kappa shape index (κ3) is 32.9. The smallest absolute Gasteiger partial charge is 0.137 e. The summed E-state index contributed by atoms with van der Waals surface area (Å²) in [5.74, 6) is 12.3. The lowest BCUT2D eigenvalue weighted by Crippen LogP contribution is -2.66. The van der Waals surface area contributed by atoms with Gasteiger partial charge in [-0.1, -0.05) is 279 Å². The number of hydrogen-bond acceptors (Lipinski definition) is 1. The first-order valence-electron chi connectivity index (χ1n) is 28.9. The first-order chi connectivity index (χ1) is 29.4. The molecule has 70 heavy (non-hydrogen) atoms. The lowest BCUT2D eigenvalue weighted by atomic mass is 9.30. The highest BCUT2D eigenvalue weighted by Crippen LogP contribution is 2.79. The van der Waals surface area contributed by atoms with Gasteiger partial charge in [0.15, 0.2) is 0 Å². The summed E-state index contributed by atoms with van der Waals surface area (Å²) in [5.41, 5.74) is 3.03. The highest BCUT2D eigenvalue weighted by atomic mass is 16.1. The minimum atomic E-state index is 0. The first-order valence-corrected chi connectivity index (χ1v) is 28.9. The molecule has 0 radical (unpaired) electrons. The molecule has 0 spiro atoms. The molecule has 0 unspecified atom stereocenters. The number of Topliss-reactive ketones (excluding diaryl/α,β-unsaturated/α-hetero) is 1. The number of carbonyl (C=O) groups is 1. The average Bonchev–Trinajstić information content (AvgIpc) is 3.06. The highest BCUT2D eigenvalue weighted by Gasteiger charge is 2.69. The monoisotopic (exact) mass is 999 g/mol. The zero-order valence-electron chi connectivity index (χ0n) is 53.6. The standard InChI is InChI=1S/C22H40.C13H28.C7H14O.C7H16.4C4H10.4CH4/c1-15(2)19-9-20(16(3)4)12-21(10-19,17(5)6)14-22(11-19,13-20)18(7)8;1-9(2)13(10(3)4,11(5)6)12(7)8;1-5(2)7(8)6(3)4;1-6(2)5-7(3)4;4*1-4(2)3;;;;/h15-18H,9-14H2,1-8H3;9-12H,1-8H3;5-6H,1-4H3;6-7H,5H2,1-4H3;4*4H,1-3H3;4*1H4. The summed E-state index contributed by atoms with van der Waals surface area (Å²) in [5, 5.41) is 0. The van der Waals surface area contributed by atoms with Gasteiger partial charge in [-0.15, -0.1) is 0 Å². The molecular formula is C69H154O. The molecule has 0 saturated heterocycles. The maximum atomic E-state index is 10.8. The van der Waals surface area contributed by atoms with Crippen LogP contribution < -0.4 is 0 Å². The normalized spacial score (nSPS) is 21.9. The molecule has 4 aliphatic rings. The van der Waals surface area contributed by atoms with Gasteiger partial charge in [-0.3, -0.25) is 4.79 Å². The highest BCUT2D eigenvalue weighted by molar-refractivity contribution is 5.82. The van der Waals surface area contributed by atoms with Crippen molar-refractivity contribution >= 4 is 5.78 Å². The van der Waals surface area contributed by atoms with Gasteiger partial charge >= 0.3 is 0 Å². The maximum Gasteiger partial charge on any atom is 0.137 e. The molecule has 0 aromatic carbocycles. The third-order valence-electron chi connectivity index (χ3n) is 15.2. The Labute approximate surface area is 454 Å². The fourth-order valence-electron chi connectivity index (χ4n) is 13.0. The van der Waals surface area contributed by atoms with E-state index in [1.165, 1.54) is 44.9 Å². The summed E-state index contributed by atoms with van der Waals surface area (Å²) in [6.45, 7) is 82.0. The van der Waals surface area contributed by atoms with Crippen molar-refractivity contribution < 1.29 is 4.79 Å². The molecule has 0 N–H and O–H groups in total. The van der Waals surface area contributed by atoms with Crippen LogP contribution in [0.5, 0.6) is 0 Å². The van der Waals surface area contributed by atoms with Crippen LogP contribution in [-0.2, 0) is 4.79 Å². The lowest BCUT2D eigenvalue weighted by Gasteiger charge is -2.75. The van der Waals surface area contributed by atoms with E-state index in [1.54, 1.807) is 0 Å². The lowest BCUT2D eigenvalue weighted by molar-refractivity contribution is -0.252. The molecule has 4 aliphatic carbocycles. The number of ketones is 1. The summed E-state index contributed by atoms with van der Waals surface area (Å²) in [6, 6.07) is 0. The Hall–Kier alpha value is -0.330. The molecule has 436 valence electrons. The van der Waals surface area contributed by atoms with E-state index in [9.17, 15) is 4.79 Å². The Morgan fingerprint density at radius 2 is 0.429 bits per heavy atom. The first kappa shape index (κ1) is 89.3. The number of hydrogen-bond donors (Lipinski definition) is 0. The van der Waals surface area contributed by atoms with E-state index in [0.717, 1.165) is 82.9 Å². The molecule has 1 heteroatoms. The Balaban J connectivity index is -0.0000000959. The largest absolute Gasteiger partial charge is 0.299 e. The van der Waals surface area contributed by atoms with Crippen molar-refractivity contribution in [1.29, 1.82) is 0 Å². The van der Waals surface area contributed by atoms with Gasteiger partial charge in [-0.25, -0.2) is 0 Å². The quantitative estimate of drug-likeness (QED) is 0.190. The van der Waals surface area contributed by atoms with E-state index in [-0.39, 0.29) is 41.5 Å². The summed E-state index contributed by atoms with van der Waals surface area (Å²) >= 11 is 0. The van der Waals surface area contributed by atoms with Crippen LogP contribution in [-0.4, -0.2) is 5.78 Å². The van der Waals surface area contributed by atoms with Crippen molar-refractivity contribution in [3.05, 3.63) is 0 Å². The summed E-state index contributed by atoms with van der Waals surface area (Å²) < 4.78 is 0. The van der Waals surface area contributed by atoms with Crippen LogP contribution in [0.15, 0.2) is 0 Å². The Kier molecular flexibility index (Phi) is 52.2. The number of carbonyl (C=O) groups excluding carboxylic acids is 1. The van der Waals surface area contributed by atoms with Crippen LogP contribution in [0.1, 0.15) is 324 Å². The van der Waals surface area contributed by atoms with Gasteiger partial charge in [0, 0.05) is 11.8 Å². The van der Waals surface area contributed by atoms with E-state index in [0.29, 0.717) is 32.9 Å². The Morgan fingerprint density at radius 3 is 0.457 bits per heavy atom. The van der Waals surface area contributed by atoms with Crippen molar-refractivity contribution in [2.24, 2.45) is 122 Å². The second kappa shape index (κ2) is 40.9. The van der Waals surface area contributed by atoms with Crippen LogP contribution in [0.25, 0.3) is 0 Å². The molecule has 4 bridgehead atoms. The van der Waals surface area contributed by atoms with Gasteiger partial charge in [-0.05, 0) is 155 Å². The average molecular weight is 1000 g/mol. The zero-order valence-corrected chi connectivity index (χ0v) is 53.6. The minimum Gasteiger partial charge on any atom is -0.299 e. The second-order valence-electron chi connectivity index (χ2n) is 29.4. The van der Waals surface area contributed by atoms with E-state index < -0.39 is 0 Å². The zero-order chi connectivity index (χ0) is 54.3. The van der Waals surface area contributed by atoms with Crippen molar-refractivity contribution in [3.63, 3.8) is 0 Å². The fraction of sp³-hybridized carbons (Fsp3) is 0.986. The summed E-state index contributed by atoms with van der Waals surface area (Å²) in [7, 11) is 0. The van der Waals surface area contributed by atoms with E-state index in [4.69, 9.17) is 0 Å². The van der Waals surface area contributed by atoms with Gasteiger partial charge in [0.1, 0.15) is 5.78 Å². The van der Waals surface area contributed by atoms with Crippen LogP contribution in [0.3, 0.4) is 0 Å². The molecule has 0 aliphatic heterocycles. The van der Waals surface area contributed by atoms with Crippen molar-refractivity contribution in [2.45, 2.75) is 324 Å². The topological polar surface area (TPSA) is 17.1 Å². The van der Waals surface area contributed by atoms with Crippen molar-refractivity contribution in [1.82, 2.24) is 0 Å². The van der Waals surface area contributed by atoms with E-state index in [2.05, 4.69) is 222 Å². The van der Waals surface area contributed by atoms with Gasteiger partial charge < -0.3 is 0 Å². The Morgan fingerprint density at radius 1 is 0.300 bits per heavy atom. The van der Waals surface area contributed by atoms with Crippen LogP contribution >= 0.6 is 0 Å². The molecule has 4 saturated carbocycles. The fourth-order valence-corrected chi connectivity index (χ4v) is 13.0. The molecule has 0 atom stereocenters. The van der Waals surface area contributed by atoms with Crippen molar-refractivity contribution in [3.8, 4) is 0 Å². The SMILES string of the molecule is C.C.C.C.CC(C)C.CC(C)C.CC(C)C.CC(C)C.CC(C)C(=O)C(C)C.CC(C)C(C(C)C)(C(C)C)C(C)C.CC(C)C12CC3(C(C)C)CC(C(C)C)(C1)CC(C(C)C)(C2)C3.CC(C)CC(C)C. The van der Waals surface area contributed by atoms with Gasteiger partial charge in [0.2, 0.25) is 0 Å². The molecule has 4 fully saturated rings.